The summed E-state index contributed by atoms with van der Waals surface area (Å²) >= 11 is 6.23. The SMILES string of the molecule is CCNCC1CCCC1c1ccc(C)c(Cl)c1. The number of hydrogen-bond donors (Lipinski definition) is 1. The van der Waals surface area contributed by atoms with Gasteiger partial charge >= 0.3 is 0 Å². The third-order valence-electron chi connectivity index (χ3n) is 3.94. The number of aryl methyl sites for hydroxylation is 1. The van der Waals surface area contributed by atoms with E-state index in [4.69, 9.17) is 11.6 Å². The van der Waals surface area contributed by atoms with Crippen molar-refractivity contribution in [1.29, 1.82) is 0 Å². The first-order valence-electron chi connectivity index (χ1n) is 6.69. The molecule has 1 fully saturated rings. The molecule has 1 nitrogen and oxygen atoms in total. The van der Waals surface area contributed by atoms with Gasteiger partial charge in [-0.3, -0.25) is 0 Å². The molecular weight excluding hydrogens is 230 g/mol. The highest BCUT2D eigenvalue weighted by Gasteiger charge is 2.28. The average molecular weight is 252 g/mol. The van der Waals surface area contributed by atoms with Gasteiger partial charge in [-0.2, -0.15) is 0 Å². The molecule has 1 aliphatic carbocycles. The van der Waals surface area contributed by atoms with E-state index in [1.165, 1.54) is 30.4 Å². The molecule has 1 N–H and O–H groups in total. The van der Waals surface area contributed by atoms with E-state index in [1.807, 2.05) is 0 Å². The first kappa shape index (κ1) is 12.9. The molecule has 1 aromatic carbocycles. The van der Waals surface area contributed by atoms with Gasteiger partial charge in [-0.15, -0.1) is 0 Å². The quantitative estimate of drug-likeness (QED) is 0.848. The number of hydrogen-bond acceptors (Lipinski definition) is 1. The highest BCUT2D eigenvalue weighted by atomic mass is 35.5. The zero-order valence-corrected chi connectivity index (χ0v) is 11.6. The largest absolute Gasteiger partial charge is 0.317 e. The van der Waals surface area contributed by atoms with Gasteiger partial charge in [0.15, 0.2) is 0 Å². The Labute approximate surface area is 110 Å². The first-order valence-corrected chi connectivity index (χ1v) is 7.07. The predicted molar refractivity (Wildman–Crippen MR) is 74.8 cm³/mol. The van der Waals surface area contributed by atoms with Crippen LogP contribution >= 0.6 is 11.6 Å². The second-order valence-electron chi connectivity index (χ2n) is 5.11. The maximum absolute atomic E-state index is 6.23. The van der Waals surface area contributed by atoms with E-state index < -0.39 is 0 Å². The fourth-order valence-electron chi connectivity index (χ4n) is 2.89. The number of rotatable bonds is 4. The summed E-state index contributed by atoms with van der Waals surface area (Å²) in [6.07, 6.45) is 4.02. The van der Waals surface area contributed by atoms with Gasteiger partial charge in [0.1, 0.15) is 0 Å². The molecule has 2 unspecified atom stereocenters. The average Bonchev–Trinajstić information content (AvgIpc) is 2.78. The van der Waals surface area contributed by atoms with Gasteiger partial charge in [0.2, 0.25) is 0 Å². The molecule has 1 aromatic rings. The molecule has 0 heterocycles. The van der Waals surface area contributed by atoms with Crippen LogP contribution in [0.15, 0.2) is 18.2 Å². The molecule has 17 heavy (non-hydrogen) atoms. The molecule has 0 aromatic heterocycles. The van der Waals surface area contributed by atoms with Crippen molar-refractivity contribution in [2.75, 3.05) is 13.1 Å². The summed E-state index contributed by atoms with van der Waals surface area (Å²) in [5.41, 5.74) is 2.61. The van der Waals surface area contributed by atoms with E-state index in [2.05, 4.69) is 37.4 Å². The first-order chi connectivity index (χ1) is 8.22. The van der Waals surface area contributed by atoms with E-state index in [-0.39, 0.29) is 0 Å². The van der Waals surface area contributed by atoms with E-state index in [0.29, 0.717) is 5.92 Å². The predicted octanol–water partition coefficient (Wildman–Crippen LogP) is 4.14. The highest BCUT2D eigenvalue weighted by Crippen LogP contribution is 2.40. The van der Waals surface area contributed by atoms with Crippen molar-refractivity contribution in [1.82, 2.24) is 5.32 Å². The Morgan fingerprint density at radius 2 is 2.18 bits per heavy atom. The van der Waals surface area contributed by atoms with Crippen molar-refractivity contribution < 1.29 is 0 Å². The minimum atomic E-state index is 0.701. The summed E-state index contributed by atoms with van der Waals surface area (Å²) < 4.78 is 0. The molecule has 0 radical (unpaired) electrons. The van der Waals surface area contributed by atoms with Crippen LogP contribution in [-0.4, -0.2) is 13.1 Å². The lowest BCUT2D eigenvalue weighted by molar-refractivity contribution is 0.450. The maximum atomic E-state index is 6.23. The Kier molecular flexibility index (Phi) is 4.47. The minimum Gasteiger partial charge on any atom is -0.317 e. The van der Waals surface area contributed by atoms with Gasteiger partial charge in [-0.05, 0) is 61.9 Å². The van der Waals surface area contributed by atoms with Gasteiger partial charge in [-0.25, -0.2) is 0 Å². The van der Waals surface area contributed by atoms with Crippen LogP contribution in [0, 0.1) is 12.8 Å². The van der Waals surface area contributed by atoms with Gasteiger partial charge in [0.05, 0.1) is 0 Å². The molecule has 0 aliphatic heterocycles. The molecule has 1 saturated carbocycles. The summed E-state index contributed by atoms with van der Waals surface area (Å²) in [6, 6.07) is 6.59. The van der Waals surface area contributed by atoms with Crippen molar-refractivity contribution in [2.45, 2.75) is 39.0 Å². The molecule has 2 atom stereocenters. The van der Waals surface area contributed by atoms with Crippen molar-refractivity contribution in [3.63, 3.8) is 0 Å². The molecule has 2 heteroatoms. The van der Waals surface area contributed by atoms with E-state index in [9.17, 15) is 0 Å². The van der Waals surface area contributed by atoms with Crippen LogP contribution in [0.1, 0.15) is 43.2 Å². The van der Waals surface area contributed by atoms with Crippen LogP contribution in [0.2, 0.25) is 5.02 Å². The third kappa shape index (κ3) is 3.02. The fraction of sp³-hybridized carbons (Fsp3) is 0.600. The zero-order valence-electron chi connectivity index (χ0n) is 10.8. The summed E-state index contributed by atoms with van der Waals surface area (Å²) in [5, 5.41) is 4.40. The highest BCUT2D eigenvalue weighted by molar-refractivity contribution is 6.31. The lowest BCUT2D eigenvalue weighted by atomic mass is 9.88. The van der Waals surface area contributed by atoms with Crippen LogP contribution in [0.25, 0.3) is 0 Å². The van der Waals surface area contributed by atoms with Gasteiger partial charge < -0.3 is 5.32 Å². The lowest BCUT2D eigenvalue weighted by Crippen LogP contribution is -2.24. The standard InChI is InChI=1S/C15H22ClN/c1-3-17-10-13-5-4-6-14(13)12-8-7-11(2)15(16)9-12/h7-9,13-14,17H,3-6,10H2,1-2H3. The van der Waals surface area contributed by atoms with E-state index >= 15 is 0 Å². The fourth-order valence-corrected chi connectivity index (χ4v) is 3.08. The van der Waals surface area contributed by atoms with Gasteiger partial charge in [0, 0.05) is 5.02 Å². The second-order valence-corrected chi connectivity index (χ2v) is 5.52. The van der Waals surface area contributed by atoms with Crippen LogP contribution in [-0.2, 0) is 0 Å². The van der Waals surface area contributed by atoms with Crippen molar-refractivity contribution >= 4 is 11.6 Å². The van der Waals surface area contributed by atoms with Crippen LogP contribution in [0.3, 0.4) is 0 Å². The Morgan fingerprint density at radius 3 is 2.88 bits per heavy atom. The smallest absolute Gasteiger partial charge is 0.0438 e. The summed E-state index contributed by atoms with van der Waals surface area (Å²) in [6.45, 7) is 6.45. The van der Waals surface area contributed by atoms with Crippen LogP contribution in [0.5, 0.6) is 0 Å². The Balaban J connectivity index is 2.11. The maximum Gasteiger partial charge on any atom is 0.0438 e. The van der Waals surface area contributed by atoms with Crippen LogP contribution < -0.4 is 5.32 Å². The summed E-state index contributed by atoms with van der Waals surface area (Å²) in [7, 11) is 0. The number of benzene rings is 1. The Bertz CT molecular complexity index is 375. The number of halogens is 1. The summed E-state index contributed by atoms with van der Waals surface area (Å²) in [4.78, 5) is 0. The van der Waals surface area contributed by atoms with Gasteiger partial charge in [0.25, 0.3) is 0 Å². The topological polar surface area (TPSA) is 12.0 Å². The molecular formula is C15H22ClN. The van der Waals surface area contributed by atoms with Gasteiger partial charge in [-0.1, -0.05) is 37.1 Å². The molecule has 0 spiro atoms. The second kappa shape index (κ2) is 5.88. The van der Waals surface area contributed by atoms with E-state index in [0.717, 1.165) is 24.0 Å². The van der Waals surface area contributed by atoms with Crippen LogP contribution in [0.4, 0.5) is 0 Å². The normalized spacial score (nSPS) is 24.2. The molecule has 0 amide bonds. The molecule has 1 aliphatic rings. The third-order valence-corrected chi connectivity index (χ3v) is 4.35. The number of nitrogens with one attached hydrogen (secondary N) is 1. The molecule has 0 saturated heterocycles. The zero-order chi connectivity index (χ0) is 12.3. The van der Waals surface area contributed by atoms with E-state index in [1.54, 1.807) is 0 Å². The molecule has 2 rings (SSSR count). The van der Waals surface area contributed by atoms with Crippen molar-refractivity contribution in [3.05, 3.63) is 34.3 Å². The molecule has 0 bridgehead atoms. The minimum absolute atomic E-state index is 0.701. The van der Waals surface area contributed by atoms with Crippen molar-refractivity contribution in [2.24, 2.45) is 5.92 Å². The monoisotopic (exact) mass is 251 g/mol. The lowest BCUT2D eigenvalue weighted by Gasteiger charge is -2.20. The molecule has 94 valence electrons. The summed E-state index contributed by atoms with van der Waals surface area (Å²) in [5.74, 6) is 1.49. The Morgan fingerprint density at radius 1 is 1.35 bits per heavy atom. The van der Waals surface area contributed by atoms with Crippen molar-refractivity contribution in [3.8, 4) is 0 Å². The Hall–Kier alpha value is -0.530.